The highest BCUT2D eigenvalue weighted by atomic mass is 16.3. The first-order valence-electron chi connectivity index (χ1n) is 5.28. The van der Waals surface area contributed by atoms with Gasteiger partial charge in [-0.25, -0.2) is 4.98 Å². The smallest absolute Gasteiger partial charge is 0.131 e. The summed E-state index contributed by atoms with van der Waals surface area (Å²) in [6, 6.07) is 5.34. The van der Waals surface area contributed by atoms with Crippen molar-refractivity contribution in [2.45, 2.75) is 26.2 Å². The minimum Gasteiger partial charge on any atom is -0.507 e. The van der Waals surface area contributed by atoms with E-state index in [4.69, 9.17) is 5.73 Å². The molecule has 1 aromatic heterocycles. The van der Waals surface area contributed by atoms with E-state index in [1.807, 2.05) is 6.07 Å². The summed E-state index contributed by atoms with van der Waals surface area (Å²) in [5.41, 5.74) is 6.75. The zero-order chi connectivity index (χ0) is 11.9. The number of aromatic hydroxyl groups is 1. The van der Waals surface area contributed by atoms with Crippen LogP contribution < -0.4 is 5.73 Å². The van der Waals surface area contributed by atoms with E-state index < -0.39 is 0 Å². The summed E-state index contributed by atoms with van der Waals surface area (Å²) in [4.78, 5) is 4.18. The second kappa shape index (κ2) is 3.37. The van der Waals surface area contributed by atoms with Crippen LogP contribution >= 0.6 is 0 Å². The molecule has 0 spiro atoms. The molecule has 0 aliphatic heterocycles. The predicted molar refractivity (Wildman–Crippen MR) is 66.5 cm³/mol. The number of anilines is 1. The van der Waals surface area contributed by atoms with Gasteiger partial charge in [-0.2, -0.15) is 0 Å². The molecule has 16 heavy (non-hydrogen) atoms. The molecule has 0 aliphatic rings. The van der Waals surface area contributed by atoms with Gasteiger partial charge in [-0.1, -0.05) is 32.9 Å². The number of phenolic OH excluding ortho intramolecular Hbond substituents is 1. The van der Waals surface area contributed by atoms with Gasteiger partial charge in [0, 0.05) is 17.0 Å². The fourth-order valence-corrected chi connectivity index (χ4v) is 1.87. The van der Waals surface area contributed by atoms with E-state index in [1.54, 1.807) is 18.3 Å². The lowest BCUT2D eigenvalue weighted by atomic mass is 9.85. The first-order chi connectivity index (χ1) is 7.41. The van der Waals surface area contributed by atoms with Crippen LogP contribution in [0, 0.1) is 0 Å². The van der Waals surface area contributed by atoms with E-state index in [1.165, 1.54) is 0 Å². The summed E-state index contributed by atoms with van der Waals surface area (Å²) < 4.78 is 0. The molecule has 0 saturated heterocycles. The number of nitrogens with zero attached hydrogens (tertiary/aromatic N) is 1. The van der Waals surface area contributed by atoms with Crippen molar-refractivity contribution >= 4 is 16.6 Å². The second-order valence-corrected chi connectivity index (χ2v) is 5.01. The Hall–Kier alpha value is -1.77. The molecule has 3 nitrogen and oxygen atoms in total. The molecule has 0 unspecified atom stereocenters. The topological polar surface area (TPSA) is 59.1 Å². The molecule has 1 heterocycles. The Morgan fingerprint density at radius 1 is 1.25 bits per heavy atom. The third kappa shape index (κ3) is 1.58. The Morgan fingerprint density at radius 2 is 1.94 bits per heavy atom. The average molecular weight is 216 g/mol. The van der Waals surface area contributed by atoms with Crippen LogP contribution in [0.25, 0.3) is 10.8 Å². The first kappa shape index (κ1) is 10.7. The van der Waals surface area contributed by atoms with Gasteiger partial charge in [0.2, 0.25) is 0 Å². The molecule has 0 radical (unpaired) electrons. The van der Waals surface area contributed by atoms with Crippen molar-refractivity contribution in [3.8, 4) is 5.75 Å². The lowest BCUT2D eigenvalue weighted by Crippen LogP contribution is -2.13. The minimum absolute atomic E-state index is 0.0716. The SMILES string of the molecule is CC(C)(C)c1cnc(N)c2cccc(O)c12. The average Bonchev–Trinajstić information content (AvgIpc) is 2.18. The Labute approximate surface area is 94.9 Å². The highest BCUT2D eigenvalue weighted by molar-refractivity contribution is 5.97. The fraction of sp³-hybridized carbons (Fsp3) is 0.308. The van der Waals surface area contributed by atoms with Crippen molar-refractivity contribution in [1.29, 1.82) is 0 Å². The summed E-state index contributed by atoms with van der Waals surface area (Å²) in [5.74, 6) is 0.718. The van der Waals surface area contributed by atoms with Gasteiger partial charge in [-0.15, -0.1) is 0 Å². The molecule has 0 bridgehead atoms. The molecule has 0 saturated carbocycles. The largest absolute Gasteiger partial charge is 0.507 e. The molecule has 0 amide bonds. The maximum Gasteiger partial charge on any atom is 0.131 e. The molecule has 3 heteroatoms. The predicted octanol–water partition coefficient (Wildman–Crippen LogP) is 2.82. The molecule has 0 fully saturated rings. The standard InChI is InChI=1S/C13H16N2O/c1-13(2,3)9-7-15-12(14)8-5-4-6-10(16)11(8)9/h4-7,16H,1-3H3,(H2,14,15). The van der Waals surface area contributed by atoms with Gasteiger partial charge in [-0.3, -0.25) is 0 Å². The maximum atomic E-state index is 9.96. The fourth-order valence-electron chi connectivity index (χ4n) is 1.87. The number of nitrogens with two attached hydrogens (primary N) is 1. The van der Waals surface area contributed by atoms with Gasteiger partial charge in [-0.05, 0) is 17.0 Å². The van der Waals surface area contributed by atoms with Crippen molar-refractivity contribution < 1.29 is 5.11 Å². The van der Waals surface area contributed by atoms with Crippen molar-refractivity contribution in [1.82, 2.24) is 4.98 Å². The Balaban J connectivity index is 2.92. The normalized spacial score (nSPS) is 11.9. The van der Waals surface area contributed by atoms with Crippen LogP contribution in [0.4, 0.5) is 5.82 Å². The van der Waals surface area contributed by atoms with E-state index in [2.05, 4.69) is 25.8 Å². The van der Waals surface area contributed by atoms with Crippen LogP contribution in [0.15, 0.2) is 24.4 Å². The summed E-state index contributed by atoms with van der Waals surface area (Å²) in [5, 5.41) is 11.6. The number of phenols is 1. The molecule has 2 aromatic rings. The molecular formula is C13H16N2O. The summed E-state index contributed by atoms with van der Waals surface area (Å²) >= 11 is 0. The number of benzene rings is 1. The monoisotopic (exact) mass is 216 g/mol. The van der Waals surface area contributed by atoms with Crippen molar-refractivity contribution in [3.05, 3.63) is 30.0 Å². The van der Waals surface area contributed by atoms with Crippen molar-refractivity contribution in [2.75, 3.05) is 5.73 Å². The number of rotatable bonds is 0. The quantitative estimate of drug-likeness (QED) is 0.712. The van der Waals surface area contributed by atoms with E-state index in [0.29, 0.717) is 5.82 Å². The van der Waals surface area contributed by atoms with Gasteiger partial charge < -0.3 is 10.8 Å². The molecule has 0 aliphatic carbocycles. The third-order valence-corrected chi connectivity index (χ3v) is 2.73. The van der Waals surface area contributed by atoms with E-state index >= 15 is 0 Å². The second-order valence-electron chi connectivity index (χ2n) is 5.01. The summed E-state index contributed by atoms with van der Waals surface area (Å²) in [6.07, 6.45) is 1.75. The van der Waals surface area contributed by atoms with Crippen LogP contribution in [0.3, 0.4) is 0 Å². The first-order valence-corrected chi connectivity index (χ1v) is 5.28. The molecule has 0 atom stereocenters. The number of pyridine rings is 1. The maximum absolute atomic E-state index is 9.96. The van der Waals surface area contributed by atoms with Gasteiger partial charge in [0.1, 0.15) is 11.6 Å². The van der Waals surface area contributed by atoms with Crippen LogP contribution in [-0.4, -0.2) is 10.1 Å². The van der Waals surface area contributed by atoms with Crippen LogP contribution in [0.5, 0.6) is 5.75 Å². The molecule has 3 N–H and O–H groups in total. The Bertz CT molecular complexity index is 541. The van der Waals surface area contributed by atoms with Gasteiger partial charge >= 0.3 is 0 Å². The van der Waals surface area contributed by atoms with Gasteiger partial charge in [0.05, 0.1) is 0 Å². The van der Waals surface area contributed by atoms with Crippen LogP contribution in [0.2, 0.25) is 0 Å². The number of hydrogen-bond acceptors (Lipinski definition) is 3. The molecular weight excluding hydrogens is 200 g/mol. The van der Waals surface area contributed by atoms with Crippen molar-refractivity contribution in [2.24, 2.45) is 0 Å². The zero-order valence-electron chi connectivity index (χ0n) is 9.78. The van der Waals surface area contributed by atoms with E-state index in [-0.39, 0.29) is 11.2 Å². The van der Waals surface area contributed by atoms with E-state index in [0.717, 1.165) is 16.3 Å². The van der Waals surface area contributed by atoms with Crippen molar-refractivity contribution in [3.63, 3.8) is 0 Å². The lowest BCUT2D eigenvalue weighted by molar-refractivity contribution is 0.479. The summed E-state index contributed by atoms with van der Waals surface area (Å²) in [6.45, 7) is 6.27. The zero-order valence-corrected chi connectivity index (χ0v) is 9.78. The highest BCUT2D eigenvalue weighted by Gasteiger charge is 2.20. The molecule has 2 rings (SSSR count). The lowest BCUT2D eigenvalue weighted by Gasteiger charge is -2.21. The summed E-state index contributed by atoms with van der Waals surface area (Å²) in [7, 11) is 0. The van der Waals surface area contributed by atoms with Crippen LogP contribution in [0.1, 0.15) is 26.3 Å². The molecule has 1 aromatic carbocycles. The van der Waals surface area contributed by atoms with E-state index in [9.17, 15) is 5.11 Å². The number of hydrogen-bond donors (Lipinski definition) is 2. The molecule has 84 valence electrons. The third-order valence-electron chi connectivity index (χ3n) is 2.73. The number of nitrogen functional groups attached to an aromatic ring is 1. The number of aromatic nitrogens is 1. The number of fused-ring (bicyclic) bond motifs is 1. The van der Waals surface area contributed by atoms with Crippen LogP contribution in [-0.2, 0) is 5.41 Å². The minimum atomic E-state index is -0.0716. The Kier molecular flexibility index (Phi) is 2.26. The Morgan fingerprint density at radius 3 is 2.56 bits per heavy atom. The highest BCUT2D eigenvalue weighted by Crippen LogP contribution is 2.36. The van der Waals surface area contributed by atoms with Gasteiger partial charge in [0.15, 0.2) is 0 Å². The van der Waals surface area contributed by atoms with Gasteiger partial charge in [0.25, 0.3) is 0 Å².